The summed E-state index contributed by atoms with van der Waals surface area (Å²) in [5.74, 6) is 1.13. The van der Waals surface area contributed by atoms with Gasteiger partial charge in [-0.2, -0.15) is 11.8 Å². The van der Waals surface area contributed by atoms with Crippen molar-refractivity contribution in [1.29, 1.82) is 0 Å². The Hall–Kier alpha value is -0.590. The van der Waals surface area contributed by atoms with Crippen molar-refractivity contribution in [3.8, 4) is 0 Å². The van der Waals surface area contributed by atoms with Gasteiger partial charge < -0.3 is 5.32 Å². The van der Waals surface area contributed by atoms with E-state index in [1.165, 1.54) is 0 Å². The maximum absolute atomic E-state index is 10.7. The third-order valence-corrected chi connectivity index (χ3v) is 3.61. The molecule has 0 radical (unpaired) electrons. The fraction of sp³-hybridized carbons (Fsp3) is 0.455. The van der Waals surface area contributed by atoms with Gasteiger partial charge in [0.15, 0.2) is 0 Å². The van der Waals surface area contributed by atoms with Gasteiger partial charge in [-0.05, 0) is 52.5 Å². The van der Waals surface area contributed by atoms with Crippen molar-refractivity contribution in [3.63, 3.8) is 0 Å². The molecule has 0 bridgehead atoms. The zero-order valence-electron chi connectivity index (χ0n) is 9.61. The largest absolute Gasteiger partial charge is 0.313 e. The third-order valence-electron chi connectivity index (χ3n) is 2.24. The molecule has 0 aliphatic heterocycles. The molecule has 1 aromatic rings. The van der Waals surface area contributed by atoms with Crippen molar-refractivity contribution in [3.05, 3.63) is 38.3 Å². The number of hydrogen-bond acceptors (Lipinski definition) is 4. The quantitative estimate of drug-likeness (QED) is 0.476. The van der Waals surface area contributed by atoms with Gasteiger partial charge in [0, 0.05) is 12.6 Å². The third kappa shape index (κ3) is 5.06. The van der Waals surface area contributed by atoms with Gasteiger partial charge >= 0.3 is 0 Å². The number of halogens is 1. The van der Waals surface area contributed by atoms with Crippen LogP contribution < -0.4 is 5.32 Å². The molecule has 0 atom stereocenters. The summed E-state index contributed by atoms with van der Waals surface area (Å²) in [5.41, 5.74) is 1.05. The molecule has 0 heterocycles. The topological polar surface area (TPSA) is 55.2 Å². The number of nitrogens with zero attached hydrogens (tertiary/aromatic N) is 1. The predicted molar refractivity (Wildman–Crippen MR) is 75.5 cm³/mol. The minimum absolute atomic E-state index is 0.119. The molecule has 0 saturated carbocycles. The number of thioether (sulfide) groups is 1. The number of benzene rings is 1. The zero-order chi connectivity index (χ0) is 12.7. The van der Waals surface area contributed by atoms with Crippen LogP contribution in [0.4, 0.5) is 5.69 Å². The molecule has 0 fully saturated rings. The first-order valence-electron chi connectivity index (χ1n) is 5.27. The molecule has 94 valence electrons. The lowest BCUT2D eigenvalue weighted by atomic mass is 10.2. The molecule has 6 heteroatoms. The Kier molecular flexibility index (Phi) is 6.54. The van der Waals surface area contributed by atoms with Crippen molar-refractivity contribution in [1.82, 2.24) is 5.32 Å². The predicted octanol–water partition coefficient (Wildman–Crippen LogP) is 3.20. The van der Waals surface area contributed by atoms with E-state index in [0.29, 0.717) is 11.0 Å². The Morgan fingerprint density at radius 2 is 2.29 bits per heavy atom. The highest BCUT2D eigenvalue weighted by Gasteiger charge is 2.11. The molecule has 0 aliphatic rings. The van der Waals surface area contributed by atoms with E-state index in [1.807, 2.05) is 17.8 Å². The average Bonchev–Trinajstić information content (AvgIpc) is 2.30. The number of nitro benzene ring substituents is 1. The first-order chi connectivity index (χ1) is 8.15. The Labute approximate surface area is 113 Å². The summed E-state index contributed by atoms with van der Waals surface area (Å²) < 4.78 is 0.522. The minimum Gasteiger partial charge on any atom is -0.313 e. The van der Waals surface area contributed by atoms with Gasteiger partial charge in [0.2, 0.25) is 0 Å². The zero-order valence-corrected chi connectivity index (χ0v) is 12.0. The number of hydrogen-bond donors (Lipinski definition) is 1. The van der Waals surface area contributed by atoms with Gasteiger partial charge in [-0.3, -0.25) is 10.1 Å². The molecule has 4 nitrogen and oxygen atoms in total. The molecule has 0 aromatic heterocycles. The highest BCUT2D eigenvalue weighted by Crippen LogP contribution is 2.25. The van der Waals surface area contributed by atoms with Gasteiger partial charge in [0.25, 0.3) is 5.69 Å². The fourth-order valence-corrected chi connectivity index (χ4v) is 2.21. The molecule has 0 saturated heterocycles. The molecule has 0 spiro atoms. The summed E-state index contributed by atoms with van der Waals surface area (Å²) >= 11 is 4.99. The Bertz CT molecular complexity index is 388. The standard InChI is InChI=1S/C11H15BrN2O2S/c1-17-6-2-5-13-8-9-3-4-10(12)11(7-9)14(15)16/h3-4,7,13H,2,5-6,8H2,1H3. The van der Waals surface area contributed by atoms with Crippen molar-refractivity contribution < 1.29 is 4.92 Å². The molecule has 1 N–H and O–H groups in total. The van der Waals surface area contributed by atoms with Gasteiger partial charge in [-0.15, -0.1) is 0 Å². The molecule has 0 aliphatic carbocycles. The van der Waals surface area contributed by atoms with E-state index in [1.54, 1.807) is 12.1 Å². The summed E-state index contributed by atoms with van der Waals surface area (Å²) in [4.78, 5) is 10.4. The van der Waals surface area contributed by atoms with Crippen LogP contribution in [0.3, 0.4) is 0 Å². The lowest BCUT2D eigenvalue weighted by Crippen LogP contribution is -2.15. The number of nitrogens with one attached hydrogen (secondary N) is 1. The van der Waals surface area contributed by atoms with Crippen LogP contribution >= 0.6 is 27.7 Å². The van der Waals surface area contributed by atoms with Crippen molar-refractivity contribution in [2.24, 2.45) is 0 Å². The first-order valence-corrected chi connectivity index (χ1v) is 7.46. The maximum Gasteiger partial charge on any atom is 0.283 e. The van der Waals surface area contributed by atoms with Crippen LogP contribution in [-0.4, -0.2) is 23.5 Å². The summed E-state index contributed by atoms with van der Waals surface area (Å²) in [6.07, 6.45) is 3.19. The number of rotatable bonds is 7. The highest BCUT2D eigenvalue weighted by atomic mass is 79.9. The minimum atomic E-state index is -0.374. The van der Waals surface area contributed by atoms with E-state index < -0.39 is 0 Å². The maximum atomic E-state index is 10.7. The summed E-state index contributed by atoms with van der Waals surface area (Å²) in [6.45, 7) is 1.60. The molecule has 17 heavy (non-hydrogen) atoms. The average molecular weight is 319 g/mol. The first kappa shape index (κ1) is 14.5. The summed E-state index contributed by atoms with van der Waals surface area (Å²) in [7, 11) is 0. The van der Waals surface area contributed by atoms with Gasteiger partial charge in [-0.25, -0.2) is 0 Å². The van der Waals surface area contributed by atoms with Crippen LogP contribution in [0.5, 0.6) is 0 Å². The summed E-state index contributed by atoms with van der Waals surface area (Å²) in [6, 6.07) is 5.21. The van der Waals surface area contributed by atoms with Crippen molar-refractivity contribution >= 4 is 33.4 Å². The summed E-state index contributed by atoms with van der Waals surface area (Å²) in [5, 5.41) is 14.0. The molecule has 0 amide bonds. The number of nitro groups is 1. The van der Waals surface area contributed by atoms with Gasteiger partial charge in [0.05, 0.1) is 9.40 Å². The monoisotopic (exact) mass is 318 g/mol. The van der Waals surface area contributed by atoms with E-state index in [2.05, 4.69) is 27.5 Å². The Morgan fingerprint density at radius 3 is 2.94 bits per heavy atom. The fourth-order valence-electron chi connectivity index (χ4n) is 1.38. The smallest absolute Gasteiger partial charge is 0.283 e. The van der Waals surface area contributed by atoms with Crippen molar-refractivity contribution in [2.45, 2.75) is 13.0 Å². The van der Waals surface area contributed by atoms with E-state index >= 15 is 0 Å². The molecular weight excluding hydrogens is 304 g/mol. The second-order valence-corrected chi connectivity index (χ2v) is 5.41. The molecule has 0 unspecified atom stereocenters. The van der Waals surface area contributed by atoms with Crippen LogP contribution in [-0.2, 0) is 6.54 Å². The van der Waals surface area contributed by atoms with Crippen molar-refractivity contribution in [2.75, 3.05) is 18.6 Å². The second-order valence-electron chi connectivity index (χ2n) is 3.57. The lowest BCUT2D eigenvalue weighted by Gasteiger charge is -2.05. The molecular formula is C11H15BrN2O2S. The van der Waals surface area contributed by atoms with E-state index in [-0.39, 0.29) is 10.6 Å². The van der Waals surface area contributed by atoms with Crippen LogP contribution in [0.15, 0.2) is 22.7 Å². The van der Waals surface area contributed by atoms with E-state index in [9.17, 15) is 10.1 Å². The normalized spacial score (nSPS) is 10.5. The van der Waals surface area contributed by atoms with Gasteiger partial charge in [-0.1, -0.05) is 6.07 Å². The van der Waals surface area contributed by atoms with Crippen LogP contribution in [0, 0.1) is 10.1 Å². The lowest BCUT2D eigenvalue weighted by molar-refractivity contribution is -0.385. The van der Waals surface area contributed by atoms with Crippen LogP contribution in [0.2, 0.25) is 0 Å². The van der Waals surface area contributed by atoms with E-state index in [0.717, 1.165) is 24.3 Å². The molecule has 1 rings (SSSR count). The SMILES string of the molecule is CSCCCNCc1ccc(Br)c([N+](=O)[O-])c1. The Morgan fingerprint density at radius 1 is 1.53 bits per heavy atom. The second kappa shape index (κ2) is 7.68. The van der Waals surface area contributed by atoms with E-state index in [4.69, 9.17) is 0 Å². The highest BCUT2D eigenvalue weighted by molar-refractivity contribution is 9.10. The van der Waals surface area contributed by atoms with Crippen LogP contribution in [0.25, 0.3) is 0 Å². The van der Waals surface area contributed by atoms with Crippen LogP contribution in [0.1, 0.15) is 12.0 Å². The molecule has 1 aromatic carbocycles. The Balaban J connectivity index is 2.49. The van der Waals surface area contributed by atoms with Gasteiger partial charge in [0.1, 0.15) is 0 Å².